The lowest BCUT2D eigenvalue weighted by Crippen LogP contribution is -2.08. The molecule has 0 fully saturated rings. The van der Waals surface area contributed by atoms with Crippen LogP contribution < -0.4 is 4.74 Å². The van der Waals surface area contributed by atoms with E-state index in [4.69, 9.17) is 4.74 Å². The summed E-state index contributed by atoms with van der Waals surface area (Å²) in [5.74, 6) is 0.407. The predicted molar refractivity (Wildman–Crippen MR) is 83.4 cm³/mol. The van der Waals surface area contributed by atoms with E-state index in [1.54, 1.807) is 6.07 Å². The Hall–Kier alpha value is -2.55. The van der Waals surface area contributed by atoms with Gasteiger partial charge in [0.1, 0.15) is 5.75 Å². The van der Waals surface area contributed by atoms with Crippen LogP contribution in [-0.2, 0) is 11.2 Å². The number of carbonyl (C=O) groups is 1. The van der Waals surface area contributed by atoms with Crippen molar-refractivity contribution in [2.75, 3.05) is 0 Å². The maximum Gasteiger partial charge on any atom is 0.311 e. The third-order valence-corrected chi connectivity index (χ3v) is 3.49. The molecule has 0 saturated carbocycles. The number of benzene rings is 2. The molecule has 0 amide bonds. The zero-order valence-corrected chi connectivity index (χ0v) is 11.9. The van der Waals surface area contributed by atoms with E-state index < -0.39 is 0 Å². The number of rotatable bonds is 4. The number of hydrogen-bond donors (Lipinski definition) is 1. The molecule has 0 atom stereocenters. The fourth-order valence-electron chi connectivity index (χ4n) is 2.44. The SMILES string of the molecule is Cc1cccc(OC(=O)CCc2c[nH]c3ccccc23)c1. The first kappa shape index (κ1) is 13.4. The molecule has 0 radical (unpaired) electrons. The Morgan fingerprint density at radius 2 is 2.00 bits per heavy atom. The van der Waals surface area contributed by atoms with E-state index in [0.717, 1.165) is 16.6 Å². The fourth-order valence-corrected chi connectivity index (χ4v) is 2.44. The zero-order chi connectivity index (χ0) is 14.7. The second-order valence-electron chi connectivity index (χ2n) is 5.15. The van der Waals surface area contributed by atoms with Crippen molar-refractivity contribution in [2.45, 2.75) is 19.8 Å². The van der Waals surface area contributed by atoms with Crippen molar-refractivity contribution in [1.29, 1.82) is 0 Å². The number of H-pyrrole nitrogens is 1. The zero-order valence-electron chi connectivity index (χ0n) is 11.9. The third-order valence-electron chi connectivity index (χ3n) is 3.49. The van der Waals surface area contributed by atoms with Crippen molar-refractivity contribution in [3.05, 3.63) is 65.9 Å². The quantitative estimate of drug-likeness (QED) is 0.579. The van der Waals surface area contributed by atoms with Gasteiger partial charge >= 0.3 is 5.97 Å². The van der Waals surface area contributed by atoms with Gasteiger partial charge in [-0.2, -0.15) is 0 Å². The van der Waals surface area contributed by atoms with Crippen molar-refractivity contribution >= 4 is 16.9 Å². The van der Waals surface area contributed by atoms with Crippen LogP contribution in [0.4, 0.5) is 0 Å². The topological polar surface area (TPSA) is 42.1 Å². The molecule has 0 aliphatic rings. The monoisotopic (exact) mass is 279 g/mol. The number of esters is 1. The number of aryl methyl sites for hydroxylation is 2. The van der Waals surface area contributed by atoms with E-state index in [2.05, 4.69) is 11.1 Å². The first-order valence-corrected chi connectivity index (χ1v) is 7.05. The van der Waals surface area contributed by atoms with Crippen molar-refractivity contribution in [2.24, 2.45) is 0 Å². The minimum Gasteiger partial charge on any atom is -0.427 e. The Morgan fingerprint density at radius 1 is 1.14 bits per heavy atom. The summed E-state index contributed by atoms with van der Waals surface area (Å²) in [5, 5.41) is 1.17. The van der Waals surface area contributed by atoms with Gasteiger partial charge in [-0.05, 0) is 42.7 Å². The highest BCUT2D eigenvalue weighted by atomic mass is 16.5. The molecule has 1 aromatic heterocycles. The lowest BCUT2D eigenvalue weighted by atomic mass is 10.1. The highest BCUT2D eigenvalue weighted by Gasteiger charge is 2.08. The molecule has 0 aliphatic heterocycles. The number of aromatic nitrogens is 1. The van der Waals surface area contributed by atoms with Gasteiger partial charge in [0.05, 0.1) is 6.42 Å². The number of para-hydroxylation sites is 1. The van der Waals surface area contributed by atoms with Crippen LogP contribution in [-0.4, -0.2) is 11.0 Å². The summed E-state index contributed by atoms with van der Waals surface area (Å²) in [4.78, 5) is 15.1. The van der Waals surface area contributed by atoms with E-state index in [0.29, 0.717) is 18.6 Å². The molecule has 3 aromatic rings. The molecule has 0 spiro atoms. The molecule has 2 aromatic carbocycles. The van der Waals surface area contributed by atoms with Crippen LogP contribution in [0.2, 0.25) is 0 Å². The molecule has 0 bridgehead atoms. The van der Waals surface area contributed by atoms with Crippen LogP contribution in [0.15, 0.2) is 54.7 Å². The van der Waals surface area contributed by atoms with Crippen LogP contribution in [0, 0.1) is 6.92 Å². The van der Waals surface area contributed by atoms with Crippen molar-refractivity contribution in [3.63, 3.8) is 0 Å². The number of carbonyl (C=O) groups excluding carboxylic acids is 1. The highest BCUT2D eigenvalue weighted by Crippen LogP contribution is 2.19. The number of nitrogens with one attached hydrogen (secondary N) is 1. The summed E-state index contributed by atoms with van der Waals surface area (Å²) < 4.78 is 5.36. The molecule has 0 saturated heterocycles. The number of ether oxygens (including phenoxy) is 1. The minimum absolute atomic E-state index is 0.203. The molecule has 0 unspecified atom stereocenters. The Bertz CT molecular complexity index is 773. The van der Waals surface area contributed by atoms with Crippen LogP contribution in [0.1, 0.15) is 17.5 Å². The molecule has 3 nitrogen and oxygen atoms in total. The first-order chi connectivity index (χ1) is 10.2. The first-order valence-electron chi connectivity index (χ1n) is 7.05. The molecule has 106 valence electrons. The summed E-state index contributed by atoms with van der Waals surface area (Å²) in [6, 6.07) is 15.6. The molecule has 21 heavy (non-hydrogen) atoms. The van der Waals surface area contributed by atoms with Gasteiger partial charge in [0.15, 0.2) is 0 Å². The summed E-state index contributed by atoms with van der Waals surface area (Å²) in [5.41, 5.74) is 3.32. The maximum absolute atomic E-state index is 11.9. The van der Waals surface area contributed by atoms with Gasteiger partial charge in [0.2, 0.25) is 0 Å². The maximum atomic E-state index is 11.9. The fraction of sp³-hybridized carbons (Fsp3) is 0.167. The van der Waals surface area contributed by atoms with E-state index in [-0.39, 0.29) is 5.97 Å². The summed E-state index contributed by atoms with van der Waals surface area (Å²) in [7, 11) is 0. The van der Waals surface area contributed by atoms with Gasteiger partial charge in [-0.1, -0.05) is 30.3 Å². The van der Waals surface area contributed by atoms with E-state index in [1.165, 1.54) is 5.39 Å². The second kappa shape index (κ2) is 5.83. The third kappa shape index (κ3) is 3.14. The summed E-state index contributed by atoms with van der Waals surface area (Å²) in [6.07, 6.45) is 3.01. The average Bonchev–Trinajstić information content (AvgIpc) is 2.88. The summed E-state index contributed by atoms with van der Waals surface area (Å²) in [6.45, 7) is 1.98. The number of fused-ring (bicyclic) bond motifs is 1. The molecular weight excluding hydrogens is 262 g/mol. The smallest absolute Gasteiger partial charge is 0.311 e. The molecule has 0 aliphatic carbocycles. The van der Waals surface area contributed by atoms with Crippen molar-refractivity contribution in [3.8, 4) is 5.75 Å². The number of hydrogen-bond acceptors (Lipinski definition) is 2. The molecule has 1 N–H and O–H groups in total. The van der Waals surface area contributed by atoms with Crippen molar-refractivity contribution < 1.29 is 9.53 Å². The normalized spacial score (nSPS) is 10.7. The standard InChI is InChI=1S/C18H17NO2/c1-13-5-4-6-15(11-13)21-18(20)10-9-14-12-19-17-8-3-2-7-16(14)17/h2-8,11-12,19H,9-10H2,1H3. The van der Waals surface area contributed by atoms with Gasteiger partial charge in [-0.15, -0.1) is 0 Å². The van der Waals surface area contributed by atoms with Gasteiger partial charge in [0.25, 0.3) is 0 Å². The average molecular weight is 279 g/mol. The Morgan fingerprint density at radius 3 is 2.86 bits per heavy atom. The van der Waals surface area contributed by atoms with E-state index >= 15 is 0 Å². The van der Waals surface area contributed by atoms with Crippen LogP contribution >= 0.6 is 0 Å². The predicted octanol–water partition coefficient (Wildman–Crippen LogP) is 4.01. The molecular formula is C18H17NO2. The molecule has 3 rings (SSSR count). The summed E-state index contributed by atoms with van der Waals surface area (Å²) >= 11 is 0. The minimum atomic E-state index is -0.203. The largest absolute Gasteiger partial charge is 0.427 e. The lowest BCUT2D eigenvalue weighted by Gasteiger charge is -2.04. The van der Waals surface area contributed by atoms with E-state index in [9.17, 15) is 4.79 Å². The number of aromatic amines is 1. The molecule has 3 heteroatoms. The lowest BCUT2D eigenvalue weighted by molar-refractivity contribution is -0.134. The Labute approximate surface area is 123 Å². The highest BCUT2D eigenvalue weighted by molar-refractivity contribution is 5.83. The molecule has 1 heterocycles. The van der Waals surface area contributed by atoms with Crippen molar-refractivity contribution in [1.82, 2.24) is 4.98 Å². The van der Waals surface area contributed by atoms with Gasteiger partial charge in [-0.3, -0.25) is 4.79 Å². The van der Waals surface area contributed by atoms with Crippen LogP contribution in [0.3, 0.4) is 0 Å². The van der Waals surface area contributed by atoms with Crippen LogP contribution in [0.5, 0.6) is 5.75 Å². The van der Waals surface area contributed by atoms with Gasteiger partial charge in [0, 0.05) is 17.1 Å². The van der Waals surface area contributed by atoms with Gasteiger partial charge < -0.3 is 9.72 Å². The van der Waals surface area contributed by atoms with Crippen LogP contribution in [0.25, 0.3) is 10.9 Å². The second-order valence-corrected chi connectivity index (χ2v) is 5.15. The van der Waals surface area contributed by atoms with Gasteiger partial charge in [-0.25, -0.2) is 0 Å². The Balaban J connectivity index is 1.63. The van der Waals surface area contributed by atoms with E-state index in [1.807, 2.05) is 49.5 Å². The Kier molecular flexibility index (Phi) is 3.73.